The van der Waals surface area contributed by atoms with Crippen LogP contribution in [0, 0.1) is 6.92 Å². The lowest BCUT2D eigenvalue weighted by atomic mass is 10.1. The van der Waals surface area contributed by atoms with Crippen LogP contribution in [0.25, 0.3) is 0 Å². The van der Waals surface area contributed by atoms with Crippen molar-refractivity contribution >= 4 is 28.2 Å². The zero-order chi connectivity index (χ0) is 14.5. The first-order valence-electron chi connectivity index (χ1n) is 6.55. The second kappa shape index (κ2) is 6.47. The Morgan fingerprint density at radius 2 is 2.00 bits per heavy atom. The van der Waals surface area contributed by atoms with Gasteiger partial charge in [-0.3, -0.25) is 0 Å². The first-order chi connectivity index (χ1) is 9.60. The summed E-state index contributed by atoms with van der Waals surface area (Å²) >= 11 is 1.36. The van der Waals surface area contributed by atoms with E-state index in [1.54, 1.807) is 0 Å². The fourth-order valence-electron chi connectivity index (χ4n) is 1.91. The molecule has 0 saturated carbocycles. The van der Waals surface area contributed by atoms with Gasteiger partial charge >= 0.3 is 0 Å². The summed E-state index contributed by atoms with van der Waals surface area (Å²) in [5, 5.41) is 12.3. The van der Waals surface area contributed by atoms with Crippen LogP contribution in [0.5, 0.6) is 0 Å². The van der Waals surface area contributed by atoms with Gasteiger partial charge in [0, 0.05) is 11.3 Å². The predicted molar refractivity (Wildman–Crippen MR) is 81.4 cm³/mol. The maximum Gasteiger partial charge on any atom is 0.222 e. The molecule has 2 aromatic rings. The van der Waals surface area contributed by atoms with E-state index in [2.05, 4.69) is 32.4 Å². The number of aryl methyl sites for hydroxylation is 1. The summed E-state index contributed by atoms with van der Waals surface area (Å²) < 4.78 is 0. The third kappa shape index (κ3) is 3.53. The maximum absolute atomic E-state index is 5.72. The molecule has 2 rings (SSSR count). The van der Waals surface area contributed by atoms with Crippen LogP contribution in [0.2, 0.25) is 0 Å². The molecule has 0 radical (unpaired) electrons. The molecule has 0 aliphatic rings. The summed E-state index contributed by atoms with van der Waals surface area (Å²) in [5.41, 5.74) is 13.3. The lowest BCUT2D eigenvalue weighted by Crippen LogP contribution is -2.10. The topological polar surface area (TPSA) is 116 Å². The predicted octanol–water partition coefficient (Wildman–Crippen LogP) is 1.76. The zero-order valence-electron chi connectivity index (χ0n) is 11.7. The van der Waals surface area contributed by atoms with Gasteiger partial charge in [0.2, 0.25) is 11.1 Å². The third-order valence-electron chi connectivity index (χ3n) is 2.90. The standard InChI is InChI=1S/C12H19N7S/c1-3-4-5-8-7(2)16-11(13)17-10(8)15-6-9-18-19-12(14)20-9/h3-6H2,1-2H3,(H2,14,19)(H3,13,15,16,17). The molecule has 0 atom stereocenters. The molecule has 0 aliphatic heterocycles. The fraction of sp³-hybridized carbons (Fsp3) is 0.500. The highest BCUT2D eigenvalue weighted by molar-refractivity contribution is 7.15. The van der Waals surface area contributed by atoms with Crippen molar-refractivity contribution in [1.29, 1.82) is 0 Å². The van der Waals surface area contributed by atoms with E-state index in [0.717, 1.165) is 41.3 Å². The van der Waals surface area contributed by atoms with Crippen LogP contribution < -0.4 is 16.8 Å². The number of nitrogens with two attached hydrogens (primary N) is 2. The van der Waals surface area contributed by atoms with E-state index in [9.17, 15) is 0 Å². The van der Waals surface area contributed by atoms with Gasteiger partial charge in [-0.25, -0.2) is 4.98 Å². The molecule has 0 fully saturated rings. The average Bonchev–Trinajstić information content (AvgIpc) is 2.81. The van der Waals surface area contributed by atoms with Crippen LogP contribution in [0.15, 0.2) is 0 Å². The van der Waals surface area contributed by atoms with Crippen LogP contribution in [0.1, 0.15) is 36.0 Å². The van der Waals surface area contributed by atoms with Gasteiger partial charge in [-0.15, -0.1) is 10.2 Å². The second-order valence-corrected chi connectivity index (χ2v) is 5.58. The monoisotopic (exact) mass is 293 g/mol. The van der Waals surface area contributed by atoms with E-state index in [0.29, 0.717) is 11.7 Å². The highest BCUT2D eigenvalue weighted by Crippen LogP contribution is 2.21. The van der Waals surface area contributed by atoms with Crippen LogP contribution in [0.4, 0.5) is 16.9 Å². The van der Waals surface area contributed by atoms with Gasteiger partial charge in [0.05, 0.1) is 6.54 Å². The summed E-state index contributed by atoms with van der Waals surface area (Å²) in [6.45, 7) is 4.64. The van der Waals surface area contributed by atoms with Crippen LogP contribution in [-0.4, -0.2) is 20.2 Å². The molecule has 2 heterocycles. The van der Waals surface area contributed by atoms with Gasteiger partial charge in [0.25, 0.3) is 0 Å². The highest BCUT2D eigenvalue weighted by atomic mass is 32.1. The Balaban J connectivity index is 2.16. The van der Waals surface area contributed by atoms with Gasteiger partial charge < -0.3 is 16.8 Å². The van der Waals surface area contributed by atoms with Gasteiger partial charge in [-0.2, -0.15) is 4.98 Å². The molecule has 8 heteroatoms. The molecule has 0 saturated heterocycles. The number of anilines is 3. The Bertz CT molecular complexity index is 581. The minimum absolute atomic E-state index is 0.280. The maximum atomic E-state index is 5.72. The molecule has 108 valence electrons. The molecule has 0 aliphatic carbocycles. The number of nitrogens with one attached hydrogen (secondary N) is 1. The summed E-state index contributed by atoms with van der Waals surface area (Å²) in [4.78, 5) is 8.52. The number of nitrogen functional groups attached to an aromatic ring is 2. The number of unbranched alkanes of at least 4 members (excludes halogenated alkanes) is 1. The summed E-state index contributed by atoms with van der Waals surface area (Å²) in [6.07, 6.45) is 3.15. The van der Waals surface area contributed by atoms with Crippen molar-refractivity contribution in [1.82, 2.24) is 20.2 Å². The van der Waals surface area contributed by atoms with Crippen molar-refractivity contribution in [3.05, 3.63) is 16.3 Å². The lowest BCUT2D eigenvalue weighted by molar-refractivity contribution is 0.782. The molecule has 0 aromatic carbocycles. The molecule has 0 unspecified atom stereocenters. The molecule has 0 spiro atoms. The molecular weight excluding hydrogens is 274 g/mol. The van der Waals surface area contributed by atoms with Gasteiger partial charge in [-0.05, 0) is 19.8 Å². The van der Waals surface area contributed by atoms with Crippen molar-refractivity contribution < 1.29 is 0 Å². The molecular formula is C12H19N7S. The Hall–Kier alpha value is -1.96. The third-order valence-corrected chi connectivity index (χ3v) is 3.65. The van der Waals surface area contributed by atoms with Crippen LogP contribution in [0.3, 0.4) is 0 Å². The van der Waals surface area contributed by atoms with Crippen LogP contribution in [-0.2, 0) is 13.0 Å². The first kappa shape index (κ1) is 14.4. The van der Waals surface area contributed by atoms with Crippen molar-refractivity contribution in [2.45, 2.75) is 39.7 Å². The smallest absolute Gasteiger partial charge is 0.222 e. The molecule has 5 N–H and O–H groups in total. The minimum Gasteiger partial charge on any atom is -0.374 e. The number of hydrogen-bond donors (Lipinski definition) is 3. The van der Waals surface area contributed by atoms with Crippen molar-refractivity contribution in [2.75, 3.05) is 16.8 Å². The number of aromatic nitrogens is 4. The van der Waals surface area contributed by atoms with E-state index < -0.39 is 0 Å². The SMILES string of the molecule is CCCCc1c(C)nc(N)nc1NCc1nnc(N)s1. The van der Waals surface area contributed by atoms with Gasteiger partial charge in [0.15, 0.2) is 0 Å². The normalized spacial score (nSPS) is 10.7. The van der Waals surface area contributed by atoms with Crippen LogP contribution >= 0.6 is 11.3 Å². The Labute approximate surface area is 121 Å². The van der Waals surface area contributed by atoms with E-state index in [-0.39, 0.29) is 5.95 Å². The lowest BCUT2D eigenvalue weighted by Gasteiger charge is -2.12. The van der Waals surface area contributed by atoms with Crippen molar-refractivity contribution in [3.63, 3.8) is 0 Å². The number of hydrogen-bond acceptors (Lipinski definition) is 8. The summed E-state index contributed by atoms with van der Waals surface area (Å²) in [6, 6.07) is 0. The van der Waals surface area contributed by atoms with Gasteiger partial charge in [-0.1, -0.05) is 24.7 Å². The Kier molecular flexibility index (Phi) is 4.67. The molecule has 2 aromatic heterocycles. The molecule has 0 bridgehead atoms. The highest BCUT2D eigenvalue weighted by Gasteiger charge is 2.11. The Morgan fingerprint density at radius 3 is 2.65 bits per heavy atom. The summed E-state index contributed by atoms with van der Waals surface area (Å²) in [7, 11) is 0. The average molecular weight is 293 g/mol. The Morgan fingerprint density at radius 1 is 1.20 bits per heavy atom. The van der Waals surface area contributed by atoms with E-state index in [1.807, 2.05) is 6.92 Å². The molecule has 7 nitrogen and oxygen atoms in total. The van der Waals surface area contributed by atoms with Crippen molar-refractivity contribution in [2.24, 2.45) is 0 Å². The first-order valence-corrected chi connectivity index (χ1v) is 7.36. The van der Waals surface area contributed by atoms with E-state index in [1.165, 1.54) is 11.3 Å². The number of nitrogens with zero attached hydrogens (tertiary/aromatic N) is 4. The summed E-state index contributed by atoms with van der Waals surface area (Å²) in [5.74, 6) is 1.05. The zero-order valence-corrected chi connectivity index (χ0v) is 12.5. The fourth-order valence-corrected chi connectivity index (χ4v) is 2.46. The number of rotatable bonds is 6. The molecule has 0 amide bonds. The quantitative estimate of drug-likeness (QED) is 0.743. The largest absolute Gasteiger partial charge is 0.374 e. The van der Waals surface area contributed by atoms with Gasteiger partial charge in [0.1, 0.15) is 10.8 Å². The molecule has 20 heavy (non-hydrogen) atoms. The second-order valence-electron chi connectivity index (χ2n) is 4.49. The van der Waals surface area contributed by atoms with E-state index in [4.69, 9.17) is 11.5 Å². The van der Waals surface area contributed by atoms with E-state index >= 15 is 0 Å². The minimum atomic E-state index is 0.280. The van der Waals surface area contributed by atoms with Crippen molar-refractivity contribution in [3.8, 4) is 0 Å².